The molecule has 0 saturated carbocycles. The average molecular weight is 471 g/mol. The van der Waals surface area contributed by atoms with E-state index in [1.165, 1.54) is 6.08 Å². The summed E-state index contributed by atoms with van der Waals surface area (Å²) in [6.45, 7) is 10.1. The molecule has 6 nitrogen and oxygen atoms in total. The summed E-state index contributed by atoms with van der Waals surface area (Å²) in [5.41, 5.74) is 0.838. The maximum Gasteiger partial charge on any atom is 0.324 e. The number of carbonyl (C=O) groups is 1. The Labute approximate surface area is 203 Å². The van der Waals surface area contributed by atoms with Crippen LogP contribution in [0, 0.1) is 11.3 Å². The lowest BCUT2D eigenvalue weighted by atomic mass is 9.81. The van der Waals surface area contributed by atoms with Gasteiger partial charge in [-0.1, -0.05) is 38.2 Å². The lowest BCUT2D eigenvalue weighted by Crippen LogP contribution is -2.64. The maximum absolute atomic E-state index is 13.9. The Morgan fingerprint density at radius 1 is 1.24 bits per heavy atom. The van der Waals surface area contributed by atoms with E-state index in [0.29, 0.717) is 18.6 Å². The first-order valence-corrected chi connectivity index (χ1v) is 12.3. The van der Waals surface area contributed by atoms with Gasteiger partial charge in [-0.05, 0) is 44.3 Å². The van der Waals surface area contributed by atoms with Gasteiger partial charge in [0.25, 0.3) is 0 Å². The second-order valence-corrected chi connectivity index (χ2v) is 10.8. The molecule has 1 saturated heterocycles. The molecule has 4 unspecified atom stereocenters. The second kappa shape index (κ2) is 10.1. The largest absolute Gasteiger partial charge is 0.379 e. The van der Waals surface area contributed by atoms with Crippen molar-refractivity contribution in [3.63, 3.8) is 0 Å². The third-order valence-corrected chi connectivity index (χ3v) is 7.11. The number of fused-ring (bicyclic) bond motifs is 1. The molecule has 4 aliphatic rings. The van der Waals surface area contributed by atoms with Crippen LogP contribution in [0.5, 0.6) is 0 Å². The number of likely N-dealkylation sites (N-methyl/N-ethyl adjacent to an activating group) is 2. The number of hydrogen-bond acceptors (Lipinski definition) is 4. The van der Waals surface area contributed by atoms with Crippen LogP contribution in [0.2, 0.25) is 0 Å². The van der Waals surface area contributed by atoms with Crippen LogP contribution in [0.3, 0.4) is 0 Å². The number of halogens is 1. The van der Waals surface area contributed by atoms with E-state index < -0.39 is 6.10 Å². The molecule has 0 radical (unpaired) electrons. The Kier molecular flexibility index (Phi) is 7.33. The summed E-state index contributed by atoms with van der Waals surface area (Å²) in [6, 6.07) is 0.211. The van der Waals surface area contributed by atoms with Crippen molar-refractivity contribution in [2.45, 2.75) is 45.4 Å². The van der Waals surface area contributed by atoms with Crippen molar-refractivity contribution in [3.8, 4) is 0 Å². The number of allylic oxidation sites excluding steroid dienone is 5. The molecule has 4 rings (SSSR count). The minimum absolute atomic E-state index is 0.00217. The molecule has 3 aliphatic heterocycles. The quantitative estimate of drug-likeness (QED) is 0.581. The van der Waals surface area contributed by atoms with E-state index >= 15 is 0 Å². The number of amides is 2. The zero-order valence-electron chi connectivity index (χ0n) is 21.2. The Morgan fingerprint density at radius 3 is 2.76 bits per heavy atom. The summed E-state index contributed by atoms with van der Waals surface area (Å²) in [5.74, 6) is 0.219. The van der Waals surface area contributed by atoms with Gasteiger partial charge >= 0.3 is 6.03 Å². The first-order chi connectivity index (χ1) is 16.1. The van der Waals surface area contributed by atoms with Gasteiger partial charge < -0.3 is 14.5 Å². The second-order valence-electron chi connectivity index (χ2n) is 10.8. The van der Waals surface area contributed by atoms with Crippen molar-refractivity contribution < 1.29 is 13.9 Å². The van der Waals surface area contributed by atoms with Crippen LogP contribution in [-0.2, 0) is 4.74 Å². The molecular formula is C27H39FN4O2. The normalized spacial score (nSPS) is 34.5. The fraction of sp³-hybridized carbons (Fsp3) is 0.593. The molecule has 2 bridgehead atoms. The molecular weight excluding hydrogens is 431 g/mol. The molecule has 34 heavy (non-hydrogen) atoms. The van der Waals surface area contributed by atoms with Crippen LogP contribution in [0.1, 0.15) is 27.2 Å². The molecule has 3 heterocycles. The van der Waals surface area contributed by atoms with Crippen LogP contribution < -0.4 is 0 Å². The summed E-state index contributed by atoms with van der Waals surface area (Å²) >= 11 is 0. The molecule has 0 aromatic heterocycles. The molecule has 1 fully saturated rings. The molecule has 0 N–H and O–H groups in total. The predicted molar refractivity (Wildman–Crippen MR) is 134 cm³/mol. The SMILES string of the molecule is CC1C=CC(N(C)CC2(C)CN(C(=O)N3C4=CC(/C=C(/F)C/C=C\4)OCC3C)C2)CN(C)/C=C\1. The molecule has 186 valence electrons. The van der Waals surface area contributed by atoms with Gasteiger partial charge in [0.15, 0.2) is 0 Å². The van der Waals surface area contributed by atoms with Gasteiger partial charge in [-0.15, -0.1) is 0 Å². The van der Waals surface area contributed by atoms with Crippen molar-refractivity contribution in [1.29, 1.82) is 0 Å². The molecule has 0 spiro atoms. The zero-order chi connectivity index (χ0) is 24.5. The van der Waals surface area contributed by atoms with Crippen molar-refractivity contribution >= 4 is 6.03 Å². The molecule has 2 amide bonds. The van der Waals surface area contributed by atoms with E-state index in [-0.39, 0.29) is 29.7 Å². The summed E-state index contributed by atoms with van der Waals surface area (Å²) in [4.78, 5) is 21.9. The summed E-state index contributed by atoms with van der Waals surface area (Å²) in [7, 11) is 4.30. The molecule has 4 atom stereocenters. The van der Waals surface area contributed by atoms with E-state index in [1.54, 1.807) is 6.08 Å². The first kappa shape index (κ1) is 24.7. The summed E-state index contributed by atoms with van der Waals surface area (Å²) in [6.07, 6.45) is 15.7. The summed E-state index contributed by atoms with van der Waals surface area (Å²) in [5, 5.41) is 0. The highest BCUT2D eigenvalue weighted by atomic mass is 19.1. The van der Waals surface area contributed by atoms with Crippen LogP contribution in [0.25, 0.3) is 0 Å². The number of hydrogen-bond donors (Lipinski definition) is 0. The highest BCUT2D eigenvalue weighted by molar-refractivity contribution is 5.78. The zero-order valence-corrected chi connectivity index (χ0v) is 21.2. The van der Waals surface area contributed by atoms with Gasteiger partial charge in [-0.2, -0.15) is 0 Å². The highest BCUT2D eigenvalue weighted by Gasteiger charge is 2.45. The van der Waals surface area contributed by atoms with Crippen molar-refractivity contribution in [1.82, 2.24) is 19.6 Å². The van der Waals surface area contributed by atoms with Crippen molar-refractivity contribution in [2.24, 2.45) is 11.3 Å². The molecule has 7 heteroatoms. The minimum Gasteiger partial charge on any atom is -0.379 e. The number of likely N-dealkylation sites (tertiary alicyclic amines) is 1. The third kappa shape index (κ3) is 5.63. The Bertz CT molecular complexity index is 918. The average Bonchev–Trinajstić information content (AvgIpc) is 2.89. The van der Waals surface area contributed by atoms with E-state index in [2.05, 4.69) is 62.2 Å². The van der Waals surface area contributed by atoms with E-state index in [1.807, 2.05) is 28.9 Å². The lowest BCUT2D eigenvalue weighted by molar-refractivity contribution is -0.000405. The Morgan fingerprint density at radius 2 is 2.00 bits per heavy atom. The standard InChI is InChI=1S/C27H39FN4O2/c1-20-9-10-24(15-29(4)12-11-20)30(5)17-27(3)18-31(19-27)26(33)32-21(2)16-34-25-13-22(28)7-6-8-23(32)14-25/h6,8-14,20-21,24-25H,7,15-19H2,1-5H3/b8-6-,10-9?,12-11-,22-13+. The van der Waals surface area contributed by atoms with Crippen LogP contribution in [0.15, 0.2) is 60.3 Å². The van der Waals surface area contributed by atoms with Crippen LogP contribution in [-0.4, -0.2) is 90.7 Å². The lowest BCUT2D eigenvalue weighted by Gasteiger charge is -2.52. The Balaban J connectivity index is 1.40. The van der Waals surface area contributed by atoms with Gasteiger partial charge in [-0.3, -0.25) is 9.80 Å². The fourth-order valence-corrected chi connectivity index (χ4v) is 5.28. The monoisotopic (exact) mass is 470 g/mol. The van der Waals surface area contributed by atoms with Gasteiger partial charge in [-0.25, -0.2) is 9.18 Å². The predicted octanol–water partition coefficient (Wildman–Crippen LogP) is 4.17. The third-order valence-electron chi connectivity index (χ3n) is 7.11. The molecule has 1 aliphatic carbocycles. The number of carbonyl (C=O) groups excluding carboxylic acids is 1. The number of nitrogens with zero attached hydrogens (tertiary/aromatic N) is 4. The van der Waals surface area contributed by atoms with Crippen LogP contribution in [0.4, 0.5) is 9.18 Å². The smallest absolute Gasteiger partial charge is 0.324 e. The van der Waals surface area contributed by atoms with Gasteiger partial charge in [0.05, 0.1) is 18.8 Å². The van der Waals surface area contributed by atoms with Crippen molar-refractivity contribution in [3.05, 3.63) is 60.3 Å². The highest BCUT2D eigenvalue weighted by Crippen LogP contribution is 2.34. The number of rotatable bonds is 3. The topological polar surface area (TPSA) is 39.3 Å². The van der Waals surface area contributed by atoms with E-state index in [4.69, 9.17) is 4.74 Å². The van der Waals surface area contributed by atoms with E-state index in [0.717, 1.165) is 31.9 Å². The van der Waals surface area contributed by atoms with E-state index in [9.17, 15) is 9.18 Å². The van der Waals surface area contributed by atoms with Crippen molar-refractivity contribution in [2.75, 3.05) is 46.9 Å². The molecule has 0 aromatic rings. The fourth-order valence-electron chi connectivity index (χ4n) is 5.28. The van der Waals surface area contributed by atoms with Gasteiger partial charge in [0, 0.05) is 56.8 Å². The number of urea groups is 1. The minimum atomic E-state index is -0.442. The molecule has 0 aromatic carbocycles. The maximum atomic E-state index is 13.9. The summed E-state index contributed by atoms with van der Waals surface area (Å²) < 4.78 is 19.7. The van der Waals surface area contributed by atoms with Gasteiger partial charge in [0.2, 0.25) is 0 Å². The number of ether oxygens (including phenoxy) is 1. The van der Waals surface area contributed by atoms with Crippen LogP contribution >= 0.6 is 0 Å². The first-order valence-electron chi connectivity index (χ1n) is 12.3. The van der Waals surface area contributed by atoms with Gasteiger partial charge in [0.1, 0.15) is 5.83 Å². The Hall–Kier alpha value is -2.38.